The Balaban J connectivity index is 1.53. The van der Waals surface area contributed by atoms with Crippen molar-refractivity contribution in [3.63, 3.8) is 0 Å². The van der Waals surface area contributed by atoms with Gasteiger partial charge in [-0.25, -0.2) is 0 Å². The Labute approximate surface area is 235 Å². The van der Waals surface area contributed by atoms with Crippen molar-refractivity contribution in [1.29, 1.82) is 0 Å². The number of nitrogens with zero attached hydrogens (tertiary/aromatic N) is 1. The van der Waals surface area contributed by atoms with Gasteiger partial charge in [-0.1, -0.05) is 97.1 Å². The van der Waals surface area contributed by atoms with Gasteiger partial charge in [-0.15, -0.1) is 0 Å². The number of rotatable bonds is 1. The van der Waals surface area contributed by atoms with E-state index in [1.165, 1.54) is 88.7 Å². The summed E-state index contributed by atoms with van der Waals surface area (Å²) in [5.74, 6) is 0. The van der Waals surface area contributed by atoms with Gasteiger partial charge < -0.3 is 4.57 Å². The molecule has 7 aromatic rings. The Morgan fingerprint density at radius 3 is 1.20 bits per heavy atom. The van der Waals surface area contributed by atoms with Crippen LogP contribution in [0.3, 0.4) is 0 Å². The van der Waals surface area contributed by atoms with Crippen molar-refractivity contribution in [3.05, 3.63) is 138 Å². The molecule has 1 aliphatic rings. The van der Waals surface area contributed by atoms with Gasteiger partial charge in [0.05, 0.1) is 11.0 Å². The van der Waals surface area contributed by atoms with Crippen molar-refractivity contribution in [2.45, 2.75) is 20.8 Å². The maximum absolute atomic E-state index is 2.46. The van der Waals surface area contributed by atoms with E-state index < -0.39 is 0 Å². The van der Waals surface area contributed by atoms with Crippen molar-refractivity contribution in [1.82, 2.24) is 4.57 Å². The average molecular weight is 512 g/mol. The van der Waals surface area contributed by atoms with Crippen LogP contribution in [0.1, 0.15) is 16.7 Å². The second-order valence-electron chi connectivity index (χ2n) is 11.1. The van der Waals surface area contributed by atoms with E-state index in [1.54, 1.807) is 0 Å². The van der Waals surface area contributed by atoms with Crippen LogP contribution >= 0.6 is 0 Å². The second kappa shape index (κ2) is 8.56. The first-order valence-corrected chi connectivity index (χ1v) is 14.0. The summed E-state index contributed by atoms with van der Waals surface area (Å²) in [6.45, 7) is 6.72. The predicted molar refractivity (Wildman–Crippen MR) is 170 cm³/mol. The minimum Gasteiger partial charge on any atom is -0.309 e. The minimum absolute atomic E-state index is 1.23. The summed E-state index contributed by atoms with van der Waals surface area (Å²) in [4.78, 5) is 0. The van der Waals surface area contributed by atoms with Crippen LogP contribution in [0.2, 0.25) is 0 Å². The van der Waals surface area contributed by atoms with Gasteiger partial charge in [-0.3, -0.25) is 0 Å². The van der Waals surface area contributed by atoms with Crippen LogP contribution in [0.5, 0.6) is 0 Å². The molecule has 0 radical (unpaired) electrons. The average Bonchev–Trinajstić information content (AvgIpc) is 3.32. The lowest BCUT2D eigenvalue weighted by atomic mass is 9.79. The first-order chi connectivity index (χ1) is 19.6. The molecule has 0 amide bonds. The number of benzene rings is 6. The maximum atomic E-state index is 2.46. The van der Waals surface area contributed by atoms with E-state index in [0.717, 1.165) is 0 Å². The molecule has 0 fully saturated rings. The SMILES string of the molecule is Cc1cc2c(cc1C)-c1cc(C)c(-n3c4ccccc4c4ccccc43)cc1-c1ccccc1-c1ccccc1-2. The van der Waals surface area contributed by atoms with E-state index in [-0.39, 0.29) is 0 Å². The largest absolute Gasteiger partial charge is 0.309 e. The van der Waals surface area contributed by atoms with Crippen molar-refractivity contribution < 1.29 is 0 Å². The van der Waals surface area contributed by atoms with Gasteiger partial charge in [0.1, 0.15) is 0 Å². The second-order valence-corrected chi connectivity index (χ2v) is 11.1. The quantitative estimate of drug-likeness (QED) is 0.206. The molecule has 0 aliphatic heterocycles. The lowest BCUT2D eigenvalue weighted by Crippen LogP contribution is -2.02. The highest BCUT2D eigenvalue weighted by atomic mass is 15.0. The number of aryl methyl sites for hydroxylation is 3. The zero-order valence-electron chi connectivity index (χ0n) is 23.0. The summed E-state index contributed by atoms with van der Waals surface area (Å²) in [6, 6.07) is 45.0. The van der Waals surface area contributed by atoms with Gasteiger partial charge in [0.25, 0.3) is 0 Å². The van der Waals surface area contributed by atoms with Crippen LogP contribution in [-0.4, -0.2) is 4.57 Å². The molecule has 0 unspecified atom stereocenters. The van der Waals surface area contributed by atoms with Gasteiger partial charge in [-0.05, 0) is 106 Å². The smallest absolute Gasteiger partial charge is 0.0541 e. The van der Waals surface area contributed by atoms with Gasteiger partial charge >= 0.3 is 0 Å². The van der Waals surface area contributed by atoms with Gasteiger partial charge in [0.15, 0.2) is 0 Å². The third-order valence-corrected chi connectivity index (χ3v) is 8.81. The zero-order valence-corrected chi connectivity index (χ0v) is 23.0. The van der Waals surface area contributed by atoms with E-state index >= 15 is 0 Å². The van der Waals surface area contributed by atoms with Gasteiger partial charge in [-0.2, -0.15) is 0 Å². The first kappa shape index (κ1) is 23.0. The van der Waals surface area contributed by atoms with Crippen LogP contribution in [0.15, 0.2) is 121 Å². The normalized spacial score (nSPS) is 11.9. The minimum atomic E-state index is 1.23. The molecule has 190 valence electrons. The molecule has 0 atom stereocenters. The molecule has 0 N–H and O–H groups in total. The number of fused-ring (bicyclic) bond motifs is 11. The highest BCUT2D eigenvalue weighted by molar-refractivity contribution is 6.10. The Morgan fingerprint density at radius 1 is 0.350 bits per heavy atom. The summed E-state index contributed by atoms with van der Waals surface area (Å²) in [6.07, 6.45) is 0. The predicted octanol–water partition coefficient (Wildman–Crippen LogP) is 10.7. The van der Waals surface area contributed by atoms with Crippen LogP contribution < -0.4 is 0 Å². The first-order valence-electron chi connectivity index (χ1n) is 14.0. The molecule has 1 nitrogen and oxygen atoms in total. The fourth-order valence-electron chi connectivity index (χ4n) is 6.73. The molecular weight excluding hydrogens is 482 g/mol. The third kappa shape index (κ3) is 3.21. The Bertz CT molecular complexity index is 2090. The van der Waals surface area contributed by atoms with E-state index in [0.29, 0.717) is 0 Å². The van der Waals surface area contributed by atoms with E-state index in [2.05, 4.69) is 147 Å². The standard InChI is InChI=1S/C39H29N/c1-24-20-33-29-14-6-4-12-27(29)28-13-5-7-15-30(28)36-23-39(26(3)22-35(36)34(33)21-25(24)2)40-37-18-10-8-16-31(37)32-17-9-11-19-38(32)40/h4-23H,1-3H3. The summed E-state index contributed by atoms with van der Waals surface area (Å²) in [5, 5.41) is 2.57. The fraction of sp³-hybridized carbons (Fsp3) is 0.0769. The number of aromatic nitrogens is 1. The van der Waals surface area contributed by atoms with Crippen molar-refractivity contribution >= 4 is 21.8 Å². The molecule has 6 aromatic carbocycles. The van der Waals surface area contributed by atoms with E-state index in [9.17, 15) is 0 Å². The Hall–Kier alpha value is -4.88. The molecule has 40 heavy (non-hydrogen) atoms. The molecule has 0 saturated carbocycles. The van der Waals surface area contributed by atoms with Gasteiger partial charge in [0.2, 0.25) is 0 Å². The summed E-state index contributed by atoms with van der Waals surface area (Å²) in [7, 11) is 0. The van der Waals surface area contributed by atoms with Crippen molar-refractivity contribution in [3.8, 4) is 50.2 Å². The number of hydrogen-bond acceptors (Lipinski definition) is 0. The van der Waals surface area contributed by atoms with E-state index in [1.807, 2.05) is 0 Å². The molecule has 8 rings (SSSR count). The topological polar surface area (TPSA) is 4.93 Å². The number of para-hydroxylation sites is 2. The molecule has 0 spiro atoms. The van der Waals surface area contributed by atoms with Crippen LogP contribution in [0.25, 0.3) is 72.0 Å². The molecule has 1 heteroatoms. The monoisotopic (exact) mass is 511 g/mol. The lowest BCUT2D eigenvalue weighted by Gasteiger charge is -2.25. The molecule has 1 aliphatic carbocycles. The summed E-state index contributed by atoms with van der Waals surface area (Å²) >= 11 is 0. The summed E-state index contributed by atoms with van der Waals surface area (Å²) < 4.78 is 2.46. The maximum Gasteiger partial charge on any atom is 0.0541 e. The third-order valence-electron chi connectivity index (χ3n) is 8.81. The van der Waals surface area contributed by atoms with Crippen LogP contribution in [0, 0.1) is 20.8 Å². The highest BCUT2D eigenvalue weighted by Crippen LogP contribution is 2.49. The zero-order chi connectivity index (χ0) is 27.0. The summed E-state index contributed by atoms with van der Waals surface area (Å²) in [5.41, 5.74) is 17.9. The molecule has 1 aromatic heterocycles. The Morgan fingerprint density at radius 2 is 0.700 bits per heavy atom. The fourth-order valence-corrected chi connectivity index (χ4v) is 6.73. The Kier molecular flexibility index (Phi) is 4.93. The van der Waals surface area contributed by atoms with Crippen molar-refractivity contribution in [2.24, 2.45) is 0 Å². The number of hydrogen-bond donors (Lipinski definition) is 0. The van der Waals surface area contributed by atoms with E-state index in [4.69, 9.17) is 0 Å². The van der Waals surface area contributed by atoms with Gasteiger partial charge in [0, 0.05) is 16.5 Å². The molecule has 0 saturated heterocycles. The molecular formula is C39H29N. The lowest BCUT2D eigenvalue weighted by molar-refractivity contribution is 1.15. The van der Waals surface area contributed by atoms with Crippen LogP contribution in [0.4, 0.5) is 0 Å². The van der Waals surface area contributed by atoms with Crippen LogP contribution in [-0.2, 0) is 0 Å². The van der Waals surface area contributed by atoms with Crippen molar-refractivity contribution in [2.75, 3.05) is 0 Å². The molecule has 1 heterocycles. The highest BCUT2D eigenvalue weighted by Gasteiger charge is 2.24. The molecule has 0 bridgehead atoms.